The maximum atomic E-state index is 12.7. The molecule has 0 saturated carbocycles. The Hall–Kier alpha value is -1.63. The van der Waals surface area contributed by atoms with Crippen LogP contribution in [0.5, 0.6) is 5.75 Å². The number of amides is 1. The molecule has 25 heavy (non-hydrogen) atoms. The van der Waals surface area contributed by atoms with Gasteiger partial charge in [-0.25, -0.2) is 0 Å². The molecule has 1 aliphatic rings. The van der Waals surface area contributed by atoms with E-state index in [0.29, 0.717) is 29.5 Å². The normalized spacial score (nSPS) is 14.4. The zero-order valence-electron chi connectivity index (χ0n) is 14.4. The number of thiazole rings is 1. The predicted molar refractivity (Wildman–Crippen MR) is 98.5 cm³/mol. The summed E-state index contributed by atoms with van der Waals surface area (Å²) in [5.74, 6) is 0.132. The molecule has 0 radical (unpaired) electrons. The number of hydrogen-bond acceptors (Lipinski definition) is 4. The van der Waals surface area contributed by atoms with Gasteiger partial charge in [-0.15, -0.1) is 0 Å². The first kappa shape index (κ1) is 18.2. The topological polar surface area (TPSA) is 52.8 Å². The number of carbonyl (C=O) groups is 1. The van der Waals surface area contributed by atoms with Gasteiger partial charge in [0.05, 0.1) is 30.8 Å². The van der Waals surface area contributed by atoms with Gasteiger partial charge in [0.15, 0.2) is 4.80 Å². The summed E-state index contributed by atoms with van der Waals surface area (Å²) in [6.45, 7) is 4.32. The van der Waals surface area contributed by atoms with Crippen LogP contribution in [0.25, 0.3) is 0 Å². The summed E-state index contributed by atoms with van der Waals surface area (Å²) in [4.78, 5) is 19.0. The summed E-state index contributed by atoms with van der Waals surface area (Å²) in [6, 6.07) is 4.97. The van der Waals surface area contributed by atoms with E-state index in [9.17, 15) is 4.79 Å². The molecule has 1 amide bonds. The van der Waals surface area contributed by atoms with Crippen LogP contribution >= 0.6 is 22.9 Å². The summed E-state index contributed by atoms with van der Waals surface area (Å²) >= 11 is 7.56. The van der Waals surface area contributed by atoms with E-state index in [2.05, 4.69) is 16.5 Å². The third-order valence-corrected chi connectivity index (χ3v) is 5.46. The zero-order chi connectivity index (χ0) is 17.8. The van der Waals surface area contributed by atoms with E-state index in [4.69, 9.17) is 21.1 Å². The number of aromatic nitrogens is 1. The van der Waals surface area contributed by atoms with E-state index in [1.54, 1.807) is 18.2 Å². The van der Waals surface area contributed by atoms with Crippen LogP contribution in [-0.4, -0.2) is 24.2 Å². The molecule has 0 fully saturated rings. The Morgan fingerprint density at radius 1 is 1.48 bits per heavy atom. The van der Waals surface area contributed by atoms with Crippen LogP contribution in [0.15, 0.2) is 23.2 Å². The number of carbonyl (C=O) groups excluding carboxylic acids is 1. The molecule has 134 valence electrons. The molecule has 0 N–H and O–H groups in total. The monoisotopic (exact) mass is 380 g/mol. The first-order valence-corrected chi connectivity index (χ1v) is 9.55. The zero-order valence-corrected chi connectivity index (χ0v) is 16.0. The van der Waals surface area contributed by atoms with Crippen LogP contribution in [0.2, 0.25) is 5.02 Å². The van der Waals surface area contributed by atoms with Gasteiger partial charge in [-0.1, -0.05) is 36.3 Å². The Morgan fingerprint density at radius 3 is 3.08 bits per heavy atom. The third kappa shape index (κ3) is 3.97. The maximum absolute atomic E-state index is 12.7. The number of ether oxygens (including phenoxy) is 2. The number of nitrogens with zero attached hydrogens (tertiary/aromatic N) is 2. The van der Waals surface area contributed by atoms with Gasteiger partial charge in [0.1, 0.15) is 5.75 Å². The molecular weight excluding hydrogens is 360 g/mol. The highest BCUT2D eigenvalue weighted by atomic mass is 35.5. The molecule has 2 aromatic rings. The molecule has 0 unspecified atom stereocenters. The second-order valence-corrected chi connectivity index (χ2v) is 7.32. The average molecular weight is 381 g/mol. The Balaban J connectivity index is 2.04. The smallest absolute Gasteiger partial charge is 0.283 e. The molecule has 7 heteroatoms. The molecule has 3 rings (SSSR count). The Labute approximate surface area is 155 Å². The van der Waals surface area contributed by atoms with E-state index in [1.807, 2.05) is 0 Å². The van der Waals surface area contributed by atoms with E-state index in [-0.39, 0.29) is 5.91 Å². The minimum absolute atomic E-state index is 0.343. The number of methoxy groups -OCH3 is 1. The molecule has 1 aromatic heterocycles. The second-order valence-electron chi connectivity index (χ2n) is 5.82. The van der Waals surface area contributed by atoms with Gasteiger partial charge in [-0.05, 0) is 24.6 Å². The van der Waals surface area contributed by atoms with Crippen LogP contribution in [0, 0.1) is 0 Å². The number of halogens is 1. The fourth-order valence-corrected chi connectivity index (χ4v) is 4.14. The number of hydrogen-bond donors (Lipinski definition) is 0. The van der Waals surface area contributed by atoms with Gasteiger partial charge in [-0.2, -0.15) is 4.99 Å². The fourth-order valence-electron chi connectivity index (χ4n) is 2.84. The van der Waals surface area contributed by atoms with Crippen LogP contribution < -0.4 is 9.54 Å². The number of benzene rings is 1. The molecule has 1 aliphatic heterocycles. The van der Waals surface area contributed by atoms with E-state index in [0.717, 1.165) is 35.5 Å². The van der Waals surface area contributed by atoms with Crippen LogP contribution in [-0.2, 0) is 24.3 Å². The lowest BCUT2D eigenvalue weighted by Crippen LogP contribution is -2.21. The van der Waals surface area contributed by atoms with Crippen molar-refractivity contribution in [1.29, 1.82) is 0 Å². The standard InChI is InChI=1S/C18H21ClN2O3S/c1-3-4-8-21-14-7-9-24-11-16(14)25-18(21)20-17(22)13-10-12(19)5-6-15(13)23-2/h5-6,10H,3-4,7-9,11H2,1-2H3/b20-18-. The van der Waals surface area contributed by atoms with Gasteiger partial charge in [0.2, 0.25) is 0 Å². The van der Waals surface area contributed by atoms with Crippen molar-refractivity contribution in [2.24, 2.45) is 4.99 Å². The van der Waals surface area contributed by atoms with Crippen molar-refractivity contribution in [2.45, 2.75) is 39.3 Å². The summed E-state index contributed by atoms with van der Waals surface area (Å²) in [5.41, 5.74) is 1.62. The molecule has 0 spiro atoms. The number of unbranched alkanes of at least 4 members (excludes halogenated alkanes) is 1. The molecule has 0 saturated heterocycles. The van der Waals surface area contributed by atoms with E-state index >= 15 is 0 Å². The molecular formula is C18H21ClN2O3S. The van der Waals surface area contributed by atoms with Gasteiger partial charge < -0.3 is 14.0 Å². The van der Waals surface area contributed by atoms with E-state index < -0.39 is 0 Å². The summed E-state index contributed by atoms with van der Waals surface area (Å²) in [5, 5.41) is 0.483. The first-order valence-electron chi connectivity index (χ1n) is 8.35. The Kier molecular flexibility index (Phi) is 5.93. The Morgan fingerprint density at radius 2 is 2.32 bits per heavy atom. The van der Waals surface area contributed by atoms with Gasteiger partial charge in [-0.3, -0.25) is 4.79 Å². The summed E-state index contributed by atoms with van der Waals surface area (Å²) < 4.78 is 13.0. The SMILES string of the molecule is CCCCn1c2c(s/c1=N\C(=O)c1cc(Cl)ccc1OC)COCC2. The number of fused-ring (bicyclic) bond motifs is 1. The first-order chi connectivity index (χ1) is 12.1. The summed E-state index contributed by atoms with van der Waals surface area (Å²) in [7, 11) is 1.53. The Bertz CT molecular complexity index is 841. The maximum Gasteiger partial charge on any atom is 0.283 e. The molecule has 2 heterocycles. The van der Waals surface area contributed by atoms with Crippen molar-refractivity contribution in [2.75, 3.05) is 13.7 Å². The fraction of sp³-hybridized carbons (Fsp3) is 0.444. The average Bonchev–Trinajstić information content (AvgIpc) is 2.96. The number of rotatable bonds is 5. The largest absolute Gasteiger partial charge is 0.496 e. The predicted octanol–water partition coefficient (Wildman–Crippen LogP) is 3.83. The van der Waals surface area contributed by atoms with Crippen molar-refractivity contribution < 1.29 is 14.3 Å². The minimum atomic E-state index is -0.343. The van der Waals surface area contributed by atoms with Crippen molar-refractivity contribution in [1.82, 2.24) is 4.57 Å². The highest BCUT2D eigenvalue weighted by Crippen LogP contribution is 2.24. The van der Waals surface area contributed by atoms with Crippen molar-refractivity contribution in [3.8, 4) is 5.75 Å². The quantitative estimate of drug-likeness (QED) is 0.792. The van der Waals surface area contributed by atoms with Crippen LogP contribution in [0.1, 0.15) is 40.7 Å². The minimum Gasteiger partial charge on any atom is -0.496 e. The van der Waals surface area contributed by atoms with Crippen LogP contribution in [0.3, 0.4) is 0 Å². The van der Waals surface area contributed by atoms with Crippen molar-refractivity contribution in [3.05, 3.63) is 44.2 Å². The molecule has 0 bridgehead atoms. The summed E-state index contributed by atoms with van der Waals surface area (Å²) in [6.07, 6.45) is 3.00. The molecule has 1 aromatic carbocycles. The van der Waals surface area contributed by atoms with Gasteiger partial charge in [0.25, 0.3) is 5.91 Å². The van der Waals surface area contributed by atoms with Crippen molar-refractivity contribution in [3.63, 3.8) is 0 Å². The highest BCUT2D eigenvalue weighted by Gasteiger charge is 2.19. The molecule has 0 atom stereocenters. The lowest BCUT2D eigenvalue weighted by molar-refractivity contribution is 0.0994. The third-order valence-electron chi connectivity index (χ3n) is 4.13. The van der Waals surface area contributed by atoms with Gasteiger partial charge in [0, 0.05) is 23.7 Å². The van der Waals surface area contributed by atoms with E-state index in [1.165, 1.54) is 24.1 Å². The lowest BCUT2D eigenvalue weighted by Gasteiger charge is -2.14. The highest BCUT2D eigenvalue weighted by molar-refractivity contribution is 7.09. The lowest BCUT2D eigenvalue weighted by atomic mass is 10.2. The van der Waals surface area contributed by atoms with Crippen molar-refractivity contribution >= 4 is 28.8 Å². The van der Waals surface area contributed by atoms with Gasteiger partial charge >= 0.3 is 0 Å². The second kappa shape index (κ2) is 8.17. The van der Waals surface area contributed by atoms with Crippen LogP contribution in [0.4, 0.5) is 0 Å². The molecule has 0 aliphatic carbocycles. The molecule has 5 nitrogen and oxygen atoms in total.